The Bertz CT molecular complexity index is 447. The third-order valence-electron chi connectivity index (χ3n) is 4.63. The molecule has 1 fully saturated rings. The molecule has 0 saturated carbocycles. The molecule has 0 amide bonds. The molecule has 1 N–H and O–H groups in total. The Labute approximate surface area is 134 Å². The first-order valence-corrected chi connectivity index (χ1v) is 8.68. The van der Waals surface area contributed by atoms with Gasteiger partial charge in [-0.05, 0) is 76.0 Å². The highest BCUT2D eigenvalue weighted by atomic mass is 35.5. The Balaban J connectivity index is 2.20. The molecule has 1 heterocycles. The molecule has 1 aliphatic rings. The Morgan fingerprint density at radius 2 is 2.14 bits per heavy atom. The van der Waals surface area contributed by atoms with Crippen LogP contribution in [0, 0.1) is 12.8 Å². The van der Waals surface area contributed by atoms with Crippen LogP contribution < -0.4 is 5.32 Å². The van der Waals surface area contributed by atoms with Gasteiger partial charge in [0.05, 0.1) is 0 Å². The first-order chi connectivity index (χ1) is 10.1. The van der Waals surface area contributed by atoms with Gasteiger partial charge in [0, 0.05) is 11.1 Å². The minimum atomic E-state index is 0.481. The molecule has 118 valence electrons. The normalized spacial score (nSPS) is 24.0. The van der Waals surface area contributed by atoms with E-state index >= 15 is 0 Å². The van der Waals surface area contributed by atoms with Gasteiger partial charge in [-0.1, -0.05) is 37.1 Å². The van der Waals surface area contributed by atoms with Crippen molar-refractivity contribution in [3.8, 4) is 0 Å². The lowest BCUT2D eigenvalue weighted by atomic mass is 9.89. The molecular formula is C18H29ClN2. The van der Waals surface area contributed by atoms with E-state index in [0.29, 0.717) is 12.0 Å². The van der Waals surface area contributed by atoms with Crippen molar-refractivity contribution in [1.29, 1.82) is 0 Å². The number of nitrogens with zero attached hydrogens (tertiary/aromatic N) is 1. The van der Waals surface area contributed by atoms with Crippen molar-refractivity contribution in [2.45, 2.75) is 45.6 Å². The summed E-state index contributed by atoms with van der Waals surface area (Å²) < 4.78 is 0. The average Bonchev–Trinajstić information content (AvgIpc) is 2.64. The number of hydrogen-bond acceptors (Lipinski definition) is 2. The molecule has 3 heteroatoms. The first-order valence-electron chi connectivity index (χ1n) is 8.30. The molecule has 0 aliphatic carbocycles. The standard InChI is InChI=1S/C18H29ClN2/c1-4-10-20-13-16-7-5-6-11-21(3)18(16)15-9-8-14(2)17(19)12-15/h8-9,12,16,18,20H,4-7,10-11,13H2,1-3H3. The fourth-order valence-corrected chi connectivity index (χ4v) is 3.61. The van der Waals surface area contributed by atoms with Gasteiger partial charge in [0.25, 0.3) is 0 Å². The summed E-state index contributed by atoms with van der Waals surface area (Å²) in [4.78, 5) is 2.52. The van der Waals surface area contributed by atoms with Gasteiger partial charge in [0.15, 0.2) is 0 Å². The largest absolute Gasteiger partial charge is 0.316 e. The van der Waals surface area contributed by atoms with Gasteiger partial charge in [0.1, 0.15) is 0 Å². The summed E-state index contributed by atoms with van der Waals surface area (Å²) >= 11 is 6.36. The predicted octanol–water partition coefficient (Wildman–Crippen LogP) is 4.42. The second-order valence-corrected chi connectivity index (χ2v) is 6.80. The lowest BCUT2D eigenvalue weighted by Gasteiger charge is -2.33. The highest BCUT2D eigenvalue weighted by Crippen LogP contribution is 2.35. The highest BCUT2D eigenvalue weighted by Gasteiger charge is 2.28. The maximum absolute atomic E-state index is 6.36. The molecule has 1 aromatic carbocycles. The van der Waals surface area contributed by atoms with Crippen molar-refractivity contribution in [2.75, 3.05) is 26.7 Å². The minimum absolute atomic E-state index is 0.481. The van der Waals surface area contributed by atoms with Crippen molar-refractivity contribution < 1.29 is 0 Å². The molecule has 2 nitrogen and oxygen atoms in total. The molecular weight excluding hydrogens is 280 g/mol. The van der Waals surface area contributed by atoms with Crippen LogP contribution in [0.5, 0.6) is 0 Å². The maximum Gasteiger partial charge on any atom is 0.0438 e. The highest BCUT2D eigenvalue weighted by molar-refractivity contribution is 6.31. The molecule has 2 atom stereocenters. The van der Waals surface area contributed by atoms with Crippen molar-refractivity contribution in [3.05, 3.63) is 34.3 Å². The number of benzene rings is 1. The van der Waals surface area contributed by atoms with E-state index in [4.69, 9.17) is 11.6 Å². The molecule has 1 aromatic rings. The maximum atomic E-state index is 6.36. The average molecular weight is 309 g/mol. The van der Waals surface area contributed by atoms with Crippen molar-refractivity contribution in [1.82, 2.24) is 10.2 Å². The van der Waals surface area contributed by atoms with Gasteiger partial charge >= 0.3 is 0 Å². The van der Waals surface area contributed by atoms with Crippen LogP contribution in [0.1, 0.15) is 49.8 Å². The predicted molar refractivity (Wildman–Crippen MR) is 92.1 cm³/mol. The molecule has 1 aliphatic heterocycles. The fraction of sp³-hybridized carbons (Fsp3) is 0.667. The summed E-state index contributed by atoms with van der Waals surface area (Å²) in [6.07, 6.45) is 5.14. The van der Waals surface area contributed by atoms with E-state index < -0.39 is 0 Å². The van der Waals surface area contributed by atoms with Crippen LogP contribution in [0.4, 0.5) is 0 Å². The summed E-state index contributed by atoms with van der Waals surface area (Å²) in [5.41, 5.74) is 2.54. The van der Waals surface area contributed by atoms with E-state index in [-0.39, 0.29) is 0 Å². The molecule has 0 radical (unpaired) electrons. The minimum Gasteiger partial charge on any atom is -0.316 e. The van der Waals surface area contributed by atoms with Crippen LogP contribution in [-0.4, -0.2) is 31.6 Å². The van der Waals surface area contributed by atoms with E-state index in [2.05, 4.69) is 49.3 Å². The fourth-order valence-electron chi connectivity index (χ4n) is 3.42. The third-order valence-corrected chi connectivity index (χ3v) is 5.04. The van der Waals surface area contributed by atoms with Gasteiger partial charge in [-0.25, -0.2) is 0 Å². The summed E-state index contributed by atoms with van der Waals surface area (Å²) in [5.74, 6) is 0.669. The van der Waals surface area contributed by atoms with E-state index in [0.717, 1.165) is 23.7 Å². The van der Waals surface area contributed by atoms with Crippen LogP contribution in [-0.2, 0) is 0 Å². The molecule has 2 rings (SSSR count). The number of hydrogen-bond donors (Lipinski definition) is 1. The number of halogens is 1. The van der Waals surface area contributed by atoms with Gasteiger partial charge < -0.3 is 5.32 Å². The zero-order valence-corrected chi connectivity index (χ0v) is 14.4. The lowest BCUT2D eigenvalue weighted by Crippen LogP contribution is -2.35. The Morgan fingerprint density at radius 1 is 1.33 bits per heavy atom. The topological polar surface area (TPSA) is 15.3 Å². The lowest BCUT2D eigenvalue weighted by molar-refractivity contribution is 0.189. The van der Waals surface area contributed by atoms with E-state index in [1.807, 2.05) is 0 Å². The Hall–Kier alpha value is -0.570. The summed E-state index contributed by atoms with van der Waals surface area (Å²) in [6, 6.07) is 7.08. The van der Waals surface area contributed by atoms with Crippen LogP contribution in [0.25, 0.3) is 0 Å². The SMILES string of the molecule is CCCNCC1CCCCN(C)C1c1ccc(C)c(Cl)c1. The Morgan fingerprint density at radius 3 is 2.86 bits per heavy atom. The number of nitrogens with one attached hydrogen (secondary N) is 1. The number of rotatable bonds is 5. The second-order valence-electron chi connectivity index (χ2n) is 6.39. The summed E-state index contributed by atoms with van der Waals surface area (Å²) in [6.45, 7) is 7.70. The van der Waals surface area contributed by atoms with Crippen LogP contribution in [0.2, 0.25) is 5.02 Å². The number of aryl methyl sites for hydroxylation is 1. The monoisotopic (exact) mass is 308 g/mol. The molecule has 0 aromatic heterocycles. The quantitative estimate of drug-likeness (QED) is 0.810. The zero-order chi connectivity index (χ0) is 15.2. The van der Waals surface area contributed by atoms with Crippen LogP contribution in [0.15, 0.2) is 18.2 Å². The van der Waals surface area contributed by atoms with Gasteiger partial charge in [-0.15, -0.1) is 0 Å². The van der Waals surface area contributed by atoms with E-state index in [1.165, 1.54) is 37.8 Å². The third kappa shape index (κ3) is 4.45. The zero-order valence-electron chi connectivity index (χ0n) is 13.7. The first kappa shape index (κ1) is 16.8. The van der Waals surface area contributed by atoms with Gasteiger partial charge in [-0.2, -0.15) is 0 Å². The molecule has 2 unspecified atom stereocenters. The van der Waals surface area contributed by atoms with Crippen molar-refractivity contribution in [2.24, 2.45) is 5.92 Å². The van der Waals surface area contributed by atoms with E-state index in [1.54, 1.807) is 0 Å². The van der Waals surface area contributed by atoms with Gasteiger partial charge in [-0.3, -0.25) is 4.90 Å². The molecule has 21 heavy (non-hydrogen) atoms. The molecule has 0 bridgehead atoms. The Kier molecular flexibility index (Phi) is 6.53. The van der Waals surface area contributed by atoms with Crippen LogP contribution in [0.3, 0.4) is 0 Å². The molecule has 1 saturated heterocycles. The summed E-state index contributed by atoms with van der Waals surface area (Å²) in [5, 5.41) is 4.51. The van der Waals surface area contributed by atoms with Crippen LogP contribution >= 0.6 is 11.6 Å². The van der Waals surface area contributed by atoms with E-state index in [9.17, 15) is 0 Å². The summed E-state index contributed by atoms with van der Waals surface area (Å²) in [7, 11) is 2.26. The number of likely N-dealkylation sites (tertiary alicyclic amines) is 1. The molecule has 0 spiro atoms. The van der Waals surface area contributed by atoms with Crippen molar-refractivity contribution >= 4 is 11.6 Å². The van der Waals surface area contributed by atoms with Crippen molar-refractivity contribution in [3.63, 3.8) is 0 Å². The second kappa shape index (κ2) is 8.17. The van der Waals surface area contributed by atoms with Gasteiger partial charge in [0.2, 0.25) is 0 Å². The smallest absolute Gasteiger partial charge is 0.0438 e.